The second-order valence-corrected chi connectivity index (χ2v) is 1.77. The zero-order valence-corrected chi connectivity index (χ0v) is 5.29. The van der Waals surface area contributed by atoms with Gasteiger partial charge in [-0.2, -0.15) is 0 Å². The minimum Gasteiger partial charge on any atom is -0.363 e. The van der Waals surface area contributed by atoms with E-state index in [0.29, 0.717) is 0 Å². The molecule has 6 heteroatoms. The molecular weight excluding hydrogens is 136 g/mol. The van der Waals surface area contributed by atoms with Crippen molar-refractivity contribution in [2.24, 2.45) is 12.8 Å². The van der Waals surface area contributed by atoms with Crippen LogP contribution in [0.1, 0.15) is 10.6 Å². The summed E-state index contributed by atoms with van der Waals surface area (Å²) in [5.41, 5.74) is 4.36. The highest BCUT2D eigenvalue weighted by atomic mass is 16.2. The van der Waals surface area contributed by atoms with Crippen molar-refractivity contribution < 1.29 is 4.79 Å². The van der Waals surface area contributed by atoms with E-state index in [-0.39, 0.29) is 5.82 Å². The number of nitrogens with two attached hydrogens (primary N) is 1. The highest BCUT2D eigenvalue weighted by Crippen LogP contribution is 1.77. The zero-order chi connectivity index (χ0) is 7.72. The van der Waals surface area contributed by atoms with Crippen LogP contribution in [0, 0.1) is 0 Å². The maximum Gasteiger partial charge on any atom is 0.343 e. The minimum absolute atomic E-state index is 0.118. The molecule has 6 nitrogen and oxygen atoms in total. The Kier molecular flexibility index (Phi) is 1.29. The SMILES string of the molecule is Cn1nc(C(N)=O)[nH]c1=O. The number of nitrogens with one attached hydrogen (secondary N) is 1. The van der Waals surface area contributed by atoms with Gasteiger partial charge in [0.2, 0.25) is 5.82 Å². The number of aromatic nitrogens is 3. The Morgan fingerprint density at radius 2 is 2.40 bits per heavy atom. The van der Waals surface area contributed by atoms with Gasteiger partial charge in [-0.3, -0.25) is 9.78 Å². The van der Waals surface area contributed by atoms with Crippen LogP contribution < -0.4 is 11.4 Å². The number of H-pyrrole nitrogens is 1. The van der Waals surface area contributed by atoms with Gasteiger partial charge in [0.05, 0.1) is 0 Å². The lowest BCUT2D eigenvalue weighted by Gasteiger charge is -1.81. The lowest BCUT2D eigenvalue weighted by Crippen LogP contribution is -2.14. The van der Waals surface area contributed by atoms with E-state index < -0.39 is 11.6 Å². The fraction of sp³-hybridized carbons (Fsp3) is 0.250. The summed E-state index contributed by atoms with van der Waals surface area (Å²) in [6, 6.07) is 0. The topological polar surface area (TPSA) is 93.8 Å². The predicted molar refractivity (Wildman–Crippen MR) is 32.3 cm³/mol. The second kappa shape index (κ2) is 1.98. The van der Waals surface area contributed by atoms with E-state index in [0.717, 1.165) is 4.68 Å². The normalized spacial score (nSPS) is 9.70. The van der Waals surface area contributed by atoms with Crippen LogP contribution in [0.15, 0.2) is 4.79 Å². The van der Waals surface area contributed by atoms with E-state index in [1.165, 1.54) is 7.05 Å². The Hall–Kier alpha value is -1.59. The number of nitrogens with zero attached hydrogens (tertiary/aromatic N) is 2. The first kappa shape index (κ1) is 6.53. The van der Waals surface area contributed by atoms with Gasteiger partial charge in [0.25, 0.3) is 5.91 Å². The van der Waals surface area contributed by atoms with Crippen molar-refractivity contribution in [3.05, 3.63) is 16.3 Å². The van der Waals surface area contributed by atoms with Crippen LogP contribution in [0.4, 0.5) is 0 Å². The van der Waals surface area contributed by atoms with Crippen LogP contribution in [-0.4, -0.2) is 20.7 Å². The van der Waals surface area contributed by atoms with Crippen LogP contribution >= 0.6 is 0 Å². The van der Waals surface area contributed by atoms with E-state index >= 15 is 0 Å². The van der Waals surface area contributed by atoms with E-state index in [4.69, 9.17) is 5.73 Å². The van der Waals surface area contributed by atoms with Gasteiger partial charge < -0.3 is 5.73 Å². The number of hydrogen-bond acceptors (Lipinski definition) is 3. The minimum atomic E-state index is -0.738. The molecule has 1 aromatic rings. The van der Waals surface area contributed by atoms with Crippen molar-refractivity contribution in [3.8, 4) is 0 Å². The van der Waals surface area contributed by atoms with Gasteiger partial charge >= 0.3 is 5.69 Å². The number of carbonyl (C=O) groups excluding carboxylic acids is 1. The molecule has 0 bridgehead atoms. The third-order valence-electron chi connectivity index (χ3n) is 1.00. The van der Waals surface area contributed by atoms with Crippen molar-refractivity contribution in [2.75, 3.05) is 0 Å². The molecule has 0 saturated heterocycles. The fourth-order valence-electron chi connectivity index (χ4n) is 0.513. The Labute approximate surface area is 55.7 Å². The zero-order valence-electron chi connectivity index (χ0n) is 5.29. The molecule has 1 aromatic heterocycles. The highest BCUT2D eigenvalue weighted by molar-refractivity contribution is 5.88. The molecule has 0 aromatic carbocycles. The molecule has 0 spiro atoms. The standard InChI is InChI=1S/C4H6N4O2/c1-8-4(10)6-3(7-8)2(5)9/h1H3,(H2,5,9)(H,6,7,10). The number of amides is 1. The molecule has 1 heterocycles. The average molecular weight is 142 g/mol. The van der Waals surface area contributed by atoms with Gasteiger partial charge in [-0.1, -0.05) is 0 Å². The van der Waals surface area contributed by atoms with E-state index in [9.17, 15) is 9.59 Å². The molecule has 0 fully saturated rings. The van der Waals surface area contributed by atoms with Gasteiger partial charge in [-0.15, -0.1) is 5.10 Å². The smallest absolute Gasteiger partial charge is 0.343 e. The number of rotatable bonds is 1. The van der Waals surface area contributed by atoms with Gasteiger partial charge in [-0.05, 0) is 0 Å². The van der Waals surface area contributed by atoms with Crippen LogP contribution in [0.2, 0.25) is 0 Å². The molecule has 1 amide bonds. The number of primary amides is 1. The number of carbonyl (C=O) groups is 1. The lowest BCUT2D eigenvalue weighted by molar-refractivity contribution is 0.0990. The summed E-state index contributed by atoms with van der Waals surface area (Å²) in [5, 5.41) is 3.48. The monoisotopic (exact) mass is 142 g/mol. The van der Waals surface area contributed by atoms with Crippen molar-refractivity contribution in [2.45, 2.75) is 0 Å². The van der Waals surface area contributed by atoms with Crippen molar-refractivity contribution in [3.63, 3.8) is 0 Å². The molecule has 3 N–H and O–H groups in total. The first-order valence-electron chi connectivity index (χ1n) is 2.54. The van der Waals surface area contributed by atoms with Gasteiger partial charge in [0.15, 0.2) is 0 Å². The number of aromatic amines is 1. The first-order valence-corrected chi connectivity index (χ1v) is 2.54. The number of hydrogen-bond donors (Lipinski definition) is 2. The predicted octanol–water partition coefficient (Wildman–Crippen LogP) is -1.79. The quantitative estimate of drug-likeness (QED) is 0.484. The fourth-order valence-corrected chi connectivity index (χ4v) is 0.513. The third kappa shape index (κ3) is 0.903. The summed E-state index contributed by atoms with van der Waals surface area (Å²) in [4.78, 5) is 23.1. The molecule has 0 atom stereocenters. The molecule has 0 radical (unpaired) electrons. The van der Waals surface area contributed by atoms with E-state index in [1.807, 2.05) is 0 Å². The molecule has 0 unspecified atom stereocenters. The summed E-state index contributed by atoms with van der Waals surface area (Å²) in [6.45, 7) is 0. The molecule has 54 valence electrons. The van der Waals surface area contributed by atoms with Crippen molar-refractivity contribution in [1.29, 1.82) is 0 Å². The van der Waals surface area contributed by atoms with E-state index in [2.05, 4.69) is 10.1 Å². The Morgan fingerprint density at radius 1 is 1.80 bits per heavy atom. The summed E-state index contributed by atoms with van der Waals surface area (Å²) >= 11 is 0. The molecule has 0 aliphatic carbocycles. The van der Waals surface area contributed by atoms with Crippen molar-refractivity contribution in [1.82, 2.24) is 14.8 Å². The van der Waals surface area contributed by atoms with E-state index in [1.54, 1.807) is 0 Å². The maximum absolute atomic E-state index is 10.6. The Morgan fingerprint density at radius 3 is 2.60 bits per heavy atom. The van der Waals surface area contributed by atoms with Crippen LogP contribution in [0.25, 0.3) is 0 Å². The van der Waals surface area contributed by atoms with Crippen LogP contribution in [-0.2, 0) is 7.05 Å². The molecule has 1 rings (SSSR count). The van der Waals surface area contributed by atoms with Crippen molar-refractivity contribution >= 4 is 5.91 Å². The summed E-state index contributed by atoms with van der Waals surface area (Å²) in [7, 11) is 1.42. The van der Waals surface area contributed by atoms with Gasteiger partial charge in [0.1, 0.15) is 0 Å². The van der Waals surface area contributed by atoms with Gasteiger partial charge in [-0.25, -0.2) is 9.48 Å². The molecule has 10 heavy (non-hydrogen) atoms. The summed E-state index contributed by atoms with van der Waals surface area (Å²) in [5.74, 6) is -0.856. The second-order valence-electron chi connectivity index (χ2n) is 1.77. The van der Waals surface area contributed by atoms with Crippen LogP contribution in [0.5, 0.6) is 0 Å². The Balaban J connectivity index is 3.23. The Bertz CT molecular complexity index is 309. The van der Waals surface area contributed by atoms with Crippen LogP contribution in [0.3, 0.4) is 0 Å². The molecule has 0 saturated carbocycles. The molecular formula is C4H6N4O2. The molecule has 0 aliphatic rings. The largest absolute Gasteiger partial charge is 0.363 e. The average Bonchev–Trinajstić information content (AvgIpc) is 2.13. The summed E-state index contributed by atoms with van der Waals surface area (Å²) in [6.07, 6.45) is 0. The lowest BCUT2D eigenvalue weighted by atomic mass is 10.6. The highest BCUT2D eigenvalue weighted by Gasteiger charge is 2.05. The number of aryl methyl sites for hydroxylation is 1. The van der Waals surface area contributed by atoms with Gasteiger partial charge in [0, 0.05) is 7.05 Å². The first-order chi connectivity index (χ1) is 4.61. The third-order valence-corrected chi connectivity index (χ3v) is 1.00. The maximum atomic E-state index is 10.6. The molecule has 0 aliphatic heterocycles. The summed E-state index contributed by atoms with van der Waals surface area (Å²) < 4.78 is 1.00.